The van der Waals surface area contributed by atoms with Gasteiger partial charge in [-0.25, -0.2) is 0 Å². The molecule has 0 atom stereocenters. The van der Waals surface area contributed by atoms with Crippen LogP contribution in [0.3, 0.4) is 0 Å². The number of unbranched alkanes of at least 4 members (excludes halogenated alkanes) is 4. The molecule has 0 spiro atoms. The van der Waals surface area contributed by atoms with Crippen LogP contribution in [0.5, 0.6) is 0 Å². The number of ether oxygens (including phenoxy) is 1. The lowest BCUT2D eigenvalue weighted by Gasteiger charge is -2.17. The highest BCUT2D eigenvalue weighted by atomic mass is 19.3. The lowest BCUT2D eigenvalue weighted by atomic mass is 10.1. The molecule has 0 radical (unpaired) electrons. The molecule has 18 heavy (non-hydrogen) atoms. The number of hydrogen-bond donors (Lipinski definition) is 0. The van der Waals surface area contributed by atoms with Gasteiger partial charge in [0.05, 0.1) is 0 Å². The van der Waals surface area contributed by atoms with E-state index in [9.17, 15) is 8.78 Å². The van der Waals surface area contributed by atoms with Gasteiger partial charge in [0, 0.05) is 12.2 Å². The van der Waals surface area contributed by atoms with E-state index < -0.39 is 12.5 Å². The molecule has 0 saturated carbocycles. The number of rotatable bonds is 10. The Bertz CT molecular complexity index is 257. The maximum atomic E-state index is 13.7. The Kier molecular flexibility index (Phi) is 9.85. The normalized spacial score (nSPS) is 13.5. The van der Waals surface area contributed by atoms with Crippen molar-refractivity contribution in [3.8, 4) is 0 Å². The summed E-state index contributed by atoms with van der Waals surface area (Å²) < 4.78 is 32.4. The standard InChI is InChI=1S/C15H26F2O/c1-4-7-8-9-10-12-18-13-15(16,17)14(6-3)11-5-2/h5-6,11H,4,7-10,12-13H2,1-3H3. The Morgan fingerprint density at radius 2 is 1.78 bits per heavy atom. The van der Waals surface area contributed by atoms with Gasteiger partial charge in [-0.05, 0) is 20.3 Å². The van der Waals surface area contributed by atoms with Gasteiger partial charge in [0.1, 0.15) is 6.61 Å². The third kappa shape index (κ3) is 7.59. The van der Waals surface area contributed by atoms with Gasteiger partial charge < -0.3 is 4.74 Å². The molecule has 0 aliphatic rings. The second-order valence-corrected chi connectivity index (χ2v) is 4.42. The van der Waals surface area contributed by atoms with Crippen LogP contribution in [0.2, 0.25) is 0 Å². The molecule has 3 heteroatoms. The van der Waals surface area contributed by atoms with Crippen LogP contribution in [0.1, 0.15) is 52.9 Å². The van der Waals surface area contributed by atoms with Crippen LogP contribution in [0.15, 0.2) is 23.8 Å². The van der Waals surface area contributed by atoms with E-state index in [0.29, 0.717) is 6.61 Å². The van der Waals surface area contributed by atoms with Crippen molar-refractivity contribution < 1.29 is 13.5 Å². The van der Waals surface area contributed by atoms with Crippen molar-refractivity contribution in [2.75, 3.05) is 13.2 Å². The average Bonchev–Trinajstić information content (AvgIpc) is 2.34. The summed E-state index contributed by atoms with van der Waals surface area (Å²) in [5, 5.41) is 0. The van der Waals surface area contributed by atoms with Crippen molar-refractivity contribution in [3.05, 3.63) is 23.8 Å². The first kappa shape index (κ1) is 17.3. The summed E-state index contributed by atoms with van der Waals surface area (Å²) in [4.78, 5) is 0. The second kappa shape index (κ2) is 10.2. The minimum absolute atomic E-state index is 0.0241. The van der Waals surface area contributed by atoms with Crippen molar-refractivity contribution in [2.45, 2.75) is 58.8 Å². The van der Waals surface area contributed by atoms with Gasteiger partial charge in [0.15, 0.2) is 0 Å². The van der Waals surface area contributed by atoms with Crippen LogP contribution in [0.4, 0.5) is 8.78 Å². The van der Waals surface area contributed by atoms with E-state index in [0.717, 1.165) is 19.3 Å². The predicted molar refractivity (Wildman–Crippen MR) is 73.1 cm³/mol. The molecule has 0 saturated heterocycles. The molecule has 0 bridgehead atoms. The molecule has 0 aromatic heterocycles. The Labute approximate surface area is 110 Å². The minimum Gasteiger partial charge on any atom is -0.375 e. The zero-order valence-corrected chi connectivity index (χ0v) is 11.8. The molecule has 0 fully saturated rings. The molecular weight excluding hydrogens is 234 g/mol. The van der Waals surface area contributed by atoms with Crippen molar-refractivity contribution >= 4 is 0 Å². The Morgan fingerprint density at radius 3 is 2.33 bits per heavy atom. The largest absolute Gasteiger partial charge is 0.375 e. The zero-order valence-electron chi connectivity index (χ0n) is 11.8. The van der Waals surface area contributed by atoms with Gasteiger partial charge in [-0.15, -0.1) is 0 Å². The van der Waals surface area contributed by atoms with E-state index in [4.69, 9.17) is 4.74 Å². The Hall–Kier alpha value is -0.700. The van der Waals surface area contributed by atoms with E-state index >= 15 is 0 Å². The molecule has 0 rings (SSSR count). The van der Waals surface area contributed by atoms with Crippen LogP contribution in [0.25, 0.3) is 0 Å². The average molecular weight is 260 g/mol. The van der Waals surface area contributed by atoms with Crippen molar-refractivity contribution in [3.63, 3.8) is 0 Å². The zero-order chi connectivity index (χ0) is 13.9. The summed E-state index contributed by atoms with van der Waals surface area (Å²) in [6.07, 6.45) is 9.97. The fourth-order valence-electron chi connectivity index (χ4n) is 1.70. The third-order valence-corrected chi connectivity index (χ3v) is 2.76. The molecule has 0 aliphatic heterocycles. The fourth-order valence-corrected chi connectivity index (χ4v) is 1.70. The molecular formula is C15H26F2O. The van der Waals surface area contributed by atoms with Crippen molar-refractivity contribution in [1.29, 1.82) is 0 Å². The molecule has 0 N–H and O–H groups in total. The van der Waals surface area contributed by atoms with Crippen molar-refractivity contribution in [2.24, 2.45) is 0 Å². The molecule has 0 aromatic carbocycles. The first-order valence-corrected chi connectivity index (χ1v) is 6.83. The van der Waals surface area contributed by atoms with Gasteiger partial charge in [-0.1, -0.05) is 50.8 Å². The lowest BCUT2D eigenvalue weighted by molar-refractivity contribution is -0.0469. The predicted octanol–water partition coefficient (Wildman–Crippen LogP) is 5.13. The summed E-state index contributed by atoms with van der Waals surface area (Å²) in [5.74, 6) is -2.88. The van der Waals surface area contributed by atoms with Crippen LogP contribution < -0.4 is 0 Å². The van der Waals surface area contributed by atoms with Crippen LogP contribution in [-0.2, 0) is 4.74 Å². The third-order valence-electron chi connectivity index (χ3n) is 2.76. The van der Waals surface area contributed by atoms with E-state index in [-0.39, 0.29) is 5.57 Å². The molecule has 106 valence electrons. The maximum Gasteiger partial charge on any atom is 0.295 e. The quantitative estimate of drug-likeness (QED) is 0.391. The number of halogens is 2. The highest BCUT2D eigenvalue weighted by molar-refractivity contribution is 5.25. The summed E-state index contributed by atoms with van der Waals surface area (Å²) in [7, 11) is 0. The minimum atomic E-state index is -2.88. The number of allylic oxidation sites excluding steroid dienone is 3. The smallest absolute Gasteiger partial charge is 0.295 e. The topological polar surface area (TPSA) is 9.23 Å². The molecule has 0 unspecified atom stereocenters. The molecule has 0 heterocycles. The maximum absolute atomic E-state index is 13.7. The van der Waals surface area contributed by atoms with E-state index in [1.165, 1.54) is 25.0 Å². The highest BCUT2D eigenvalue weighted by Crippen LogP contribution is 2.25. The van der Waals surface area contributed by atoms with Gasteiger partial charge in [0.25, 0.3) is 5.92 Å². The Morgan fingerprint density at radius 1 is 1.11 bits per heavy atom. The summed E-state index contributed by atoms with van der Waals surface area (Å²) in [6, 6.07) is 0. The molecule has 0 aliphatic carbocycles. The SMILES string of the molecule is CC=CC(=CC)C(F)(F)COCCCCCCC. The molecule has 1 nitrogen and oxygen atoms in total. The van der Waals surface area contributed by atoms with Gasteiger partial charge in [0.2, 0.25) is 0 Å². The molecule has 0 amide bonds. The van der Waals surface area contributed by atoms with Gasteiger partial charge in [-0.2, -0.15) is 8.78 Å². The van der Waals surface area contributed by atoms with Gasteiger partial charge in [-0.3, -0.25) is 0 Å². The second-order valence-electron chi connectivity index (χ2n) is 4.42. The first-order valence-electron chi connectivity index (χ1n) is 6.83. The summed E-state index contributed by atoms with van der Waals surface area (Å²) >= 11 is 0. The Balaban J connectivity index is 3.83. The van der Waals surface area contributed by atoms with E-state index in [1.807, 2.05) is 0 Å². The number of alkyl halides is 2. The lowest BCUT2D eigenvalue weighted by Crippen LogP contribution is -2.25. The monoisotopic (exact) mass is 260 g/mol. The summed E-state index contributed by atoms with van der Waals surface area (Å²) in [5.41, 5.74) is 0.0241. The van der Waals surface area contributed by atoms with E-state index in [2.05, 4.69) is 6.92 Å². The van der Waals surface area contributed by atoms with Crippen molar-refractivity contribution in [1.82, 2.24) is 0 Å². The van der Waals surface area contributed by atoms with E-state index in [1.54, 1.807) is 19.9 Å². The van der Waals surface area contributed by atoms with Crippen LogP contribution in [0, 0.1) is 0 Å². The fraction of sp³-hybridized carbons (Fsp3) is 0.733. The van der Waals surface area contributed by atoms with Gasteiger partial charge >= 0.3 is 0 Å². The van der Waals surface area contributed by atoms with Crippen LogP contribution in [-0.4, -0.2) is 19.1 Å². The summed E-state index contributed by atoms with van der Waals surface area (Å²) in [6.45, 7) is 5.40. The molecule has 0 aromatic rings. The highest BCUT2D eigenvalue weighted by Gasteiger charge is 2.32. The number of hydrogen-bond acceptors (Lipinski definition) is 1. The van der Waals surface area contributed by atoms with Crippen LogP contribution >= 0.6 is 0 Å². The first-order chi connectivity index (χ1) is 8.58.